The Labute approximate surface area is 200 Å². The monoisotopic (exact) mass is 451 g/mol. The molecule has 34 heavy (non-hydrogen) atoms. The number of hydrogen-bond acceptors (Lipinski definition) is 4. The summed E-state index contributed by atoms with van der Waals surface area (Å²) in [7, 11) is 0. The number of piperidine rings is 1. The molecule has 0 saturated carbocycles. The van der Waals surface area contributed by atoms with Gasteiger partial charge in [-0.05, 0) is 41.9 Å². The maximum absolute atomic E-state index is 12.7. The molecular formula is C29H29N3O2. The van der Waals surface area contributed by atoms with E-state index in [9.17, 15) is 4.79 Å². The fourth-order valence-corrected chi connectivity index (χ4v) is 4.62. The summed E-state index contributed by atoms with van der Waals surface area (Å²) in [6.45, 7) is 1.67. The zero-order valence-electron chi connectivity index (χ0n) is 19.3. The van der Waals surface area contributed by atoms with Gasteiger partial charge in [0.15, 0.2) is 0 Å². The van der Waals surface area contributed by atoms with Crippen molar-refractivity contribution in [2.75, 3.05) is 13.1 Å². The SMILES string of the molecule is O=C(CCc1nc(-c2ccc(-c3ccccc3)cc2)no1)N1CCC(Cc2ccccc2)CC1. The summed E-state index contributed by atoms with van der Waals surface area (Å²) in [4.78, 5) is 19.2. The van der Waals surface area contributed by atoms with Crippen LogP contribution < -0.4 is 0 Å². The number of amides is 1. The standard InChI is InChI=1S/C29H29N3O2/c33-28(32-19-17-23(18-20-32)21-22-7-3-1-4-8-22)16-15-27-30-29(31-34-27)26-13-11-25(12-14-26)24-9-5-2-6-10-24/h1-14,23H,15-21H2. The van der Waals surface area contributed by atoms with Gasteiger partial charge in [-0.2, -0.15) is 4.98 Å². The van der Waals surface area contributed by atoms with E-state index >= 15 is 0 Å². The van der Waals surface area contributed by atoms with Crippen LogP contribution >= 0.6 is 0 Å². The van der Waals surface area contributed by atoms with Crippen molar-refractivity contribution in [3.05, 3.63) is 96.4 Å². The van der Waals surface area contributed by atoms with Crippen LogP contribution in [-0.4, -0.2) is 34.0 Å². The molecule has 2 heterocycles. The lowest BCUT2D eigenvalue weighted by atomic mass is 9.90. The van der Waals surface area contributed by atoms with Gasteiger partial charge in [0.2, 0.25) is 17.6 Å². The Morgan fingerprint density at radius 1 is 0.824 bits per heavy atom. The van der Waals surface area contributed by atoms with Gasteiger partial charge in [-0.3, -0.25) is 4.79 Å². The fourth-order valence-electron chi connectivity index (χ4n) is 4.62. The van der Waals surface area contributed by atoms with E-state index in [1.807, 2.05) is 35.2 Å². The molecule has 1 saturated heterocycles. The number of hydrogen-bond donors (Lipinski definition) is 0. The van der Waals surface area contributed by atoms with E-state index in [0.717, 1.165) is 43.5 Å². The number of rotatable bonds is 7. The first-order valence-corrected chi connectivity index (χ1v) is 12.0. The minimum absolute atomic E-state index is 0.171. The summed E-state index contributed by atoms with van der Waals surface area (Å²) in [6.07, 6.45) is 4.09. The molecule has 3 aromatic carbocycles. The van der Waals surface area contributed by atoms with Crippen LogP contribution in [0.15, 0.2) is 89.5 Å². The largest absolute Gasteiger partial charge is 0.343 e. The van der Waals surface area contributed by atoms with Crippen molar-refractivity contribution in [3.8, 4) is 22.5 Å². The highest BCUT2D eigenvalue weighted by atomic mass is 16.5. The quantitative estimate of drug-likeness (QED) is 0.355. The molecule has 0 atom stereocenters. The summed E-state index contributed by atoms with van der Waals surface area (Å²) >= 11 is 0. The van der Waals surface area contributed by atoms with E-state index in [-0.39, 0.29) is 5.91 Å². The first-order chi connectivity index (χ1) is 16.7. The molecule has 5 nitrogen and oxygen atoms in total. The lowest BCUT2D eigenvalue weighted by Crippen LogP contribution is -2.39. The molecular weight excluding hydrogens is 422 g/mol. The van der Waals surface area contributed by atoms with Crippen LogP contribution in [-0.2, 0) is 17.6 Å². The Balaban J connectivity index is 1.10. The Morgan fingerprint density at radius 3 is 2.15 bits per heavy atom. The van der Waals surface area contributed by atoms with Crippen LogP contribution in [0.2, 0.25) is 0 Å². The number of carbonyl (C=O) groups excluding carboxylic acids is 1. The van der Waals surface area contributed by atoms with Crippen molar-refractivity contribution in [3.63, 3.8) is 0 Å². The third kappa shape index (κ3) is 5.42. The van der Waals surface area contributed by atoms with Crippen molar-refractivity contribution in [2.24, 2.45) is 5.92 Å². The van der Waals surface area contributed by atoms with Crippen LogP contribution in [0, 0.1) is 5.92 Å². The second-order valence-electron chi connectivity index (χ2n) is 8.97. The Hall–Kier alpha value is -3.73. The molecule has 0 N–H and O–H groups in total. The Morgan fingerprint density at radius 2 is 1.44 bits per heavy atom. The molecule has 5 rings (SSSR count). The van der Waals surface area contributed by atoms with Crippen LogP contribution in [0.4, 0.5) is 0 Å². The summed E-state index contributed by atoms with van der Waals surface area (Å²) in [6, 6.07) is 29.0. The fraction of sp³-hybridized carbons (Fsp3) is 0.276. The van der Waals surface area contributed by atoms with Gasteiger partial charge < -0.3 is 9.42 Å². The van der Waals surface area contributed by atoms with Crippen molar-refractivity contribution < 1.29 is 9.32 Å². The van der Waals surface area contributed by atoms with E-state index in [2.05, 4.69) is 64.7 Å². The van der Waals surface area contributed by atoms with E-state index in [0.29, 0.717) is 30.5 Å². The lowest BCUT2D eigenvalue weighted by Gasteiger charge is -2.32. The summed E-state index contributed by atoms with van der Waals surface area (Å²) in [5.41, 5.74) is 4.60. The average molecular weight is 452 g/mol. The molecule has 0 radical (unpaired) electrons. The maximum atomic E-state index is 12.7. The number of aryl methyl sites for hydroxylation is 1. The van der Waals surface area contributed by atoms with Gasteiger partial charge in [0, 0.05) is 31.5 Å². The zero-order chi connectivity index (χ0) is 23.2. The predicted octanol–water partition coefficient (Wildman–Crippen LogP) is 5.82. The normalized spacial score (nSPS) is 14.3. The van der Waals surface area contributed by atoms with Gasteiger partial charge in [-0.25, -0.2) is 0 Å². The van der Waals surface area contributed by atoms with Crippen LogP contribution in [0.5, 0.6) is 0 Å². The predicted molar refractivity (Wildman–Crippen MR) is 133 cm³/mol. The molecule has 4 aromatic rings. The van der Waals surface area contributed by atoms with Crippen molar-refractivity contribution in [2.45, 2.75) is 32.1 Å². The van der Waals surface area contributed by atoms with Crippen LogP contribution in [0.3, 0.4) is 0 Å². The smallest absolute Gasteiger partial charge is 0.227 e. The third-order valence-corrected chi connectivity index (χ3v) is 6.61. The van der Waals surface area contributed by atoms with Gasteiger partial charge in [-0.15, -0.1) is 0 Å². The molecule has 1 amide bonds. The van der Waals surface area contributed by atoms with Crippen molar-refractivity contribution in [1.82, 2.24) is 15.0 Å². The van der Waals surface area contributed by atoms with Gasteiger partial charge in [0.1, 0.15) is 0 Å². The average Bonchev–Trinajstić information content (AvgIpc) is 3.38. The Kier molecular flexibility index (Phi) is 6.80. The molecule has 5 heteroatoms. The highest BCUT2D eigenvalue weighted by Crippen LogP contribution is 2.24. The van der Waals surface area contributed by atoms with Crippen molar-refractivity contribution >= 4 is 5.91 Å². The zero-order valence-corrected chi connectivity index (χ0v) is 19.3. The number of carbonyl (C=O) groups is 1. The molecule has 1 fully saturated rings. The first kappa shape index (κ1) is 22.1. The van der Waals surface area contributed by atoms with Crippen LogP contribution in [0.25, 0.3) is 22.5 Å². The second-order valence-corrected chi connectivity index (χ2v) is 8.97. The third-order valence-electron chi connectivity index (χ3n) is 6.61. The number of likely N-dealkylation sites (tertiary alicyclic amines) is 1. The van der Waals surface area contributed by atoms with Crippen LogP contribution in [0.1, 0.15) is 30.7 Å². The van der Waals surface area contributed by atoms with Gasteiger partial charge in [-0.1, -0.05) is 90.1 Å². The molecule has 0 bridgehead atoms. The molecule has 1 aliphatic heterocycles. The Bertz CT molecular complexity index is 1200. The van der Waals surface area contributed by atoms with Gasteiger partial charge >= 0.3 is 0 Å². The maximum Gasteiger partial charge on any atom is 0.227 e. The molecule has 0 spiro atoms. The molecule has 172 valence electrons. The van der Waals surface area contributed by atoms with E-state index in [4.69, 9.17) is 4.52 Å². The summed E-state index contributed by atoms with van der Waals surface area (Å²) in [5.74, 6) is 1.89. The number of benzene rings is 3. The first-order valence-electron chi connectivity index (χ1n) is 12.0. The van der Waals surface area contributed by atoms with Crippen molar-refractivity contribution in [1.29, 1.82) is 0 Å². The molecule has 1 aromatic heterocycles. The topological polar surface area (TPSA) is 59.2 Å². The minimum Gasteiger partial charge on any atom is -0.343 e. The minimum atomic E-state index is 0.171. The second kappa shape index (κ2) is 10.5. The summed E-state index contributed by atoms with van der Waals surface area (Å²) in [5, 5.41) is 4.12. The lowest BCUT2D eigenvalue weighted by molar-refractivity contribution is -0.132. The highest BCUT2D eigenvalue weighted by Gasteiger charge is 2.23. The highest BCUT2D eigenvalue weighted by molar-refractivity contribution is 5.76. The molecule has 0 unspecified atom stereocenters. The van der Waals surface area contributed by atoms with Gasteiger partial charge in [0.05, 0.1) is 0 Å². The van der Waals surface area contributed by atoms with Gasteiger partial charge in [0.25, 0.3) is 0 Å². The molecule has 0 aliphatic carbocycles. The molecule has 1 aliphatic rings. The summed E-state index contributed by atoms with van der Waals surface area (Å²) < 4.78 is 5.42. The van der Waals surface area contributed by atoms with E-state index in [1.54, 1.807) is 0 Å². The van der Waals surface area contributed by atoms with E-state index in [1.165, 1.54) is 11.1 Å². The number of nitrogens with zero attached hydrogens (tertiary/aromatic N) is 3. The number of aromatic nitrogens is 2. The van der Waals surface area contributed by atoms with E-state index < -0.39 is 0 Å².